The maximum Gasteiger partial charge on any atom is 0.378 e. The van der Waals surface area contributed by atoms with Gasteiger partial charge in [-0.2, -0.15) is 0 Å². The van der Waals surface area contributed by atoms with Crippen LogP contribution in [0.3, 0.4) is 0 Å². The molecule has 0 amide bonds. The SMILES string of the molecule is NC(N)=NC1CCCC1OC(=O)SS. The number of hydrogen-bond acceptors (Lipinski definition) is 5. The lowest BCUT2D eigenvalue weighted by atomic mass is 10.2. The van der Waals surface area contributed by atoms with Crippen LogP contribution in [0.25, 0.3) is 0 Å². The lowest BCUT2D eigenvalue weighted by Gasteiger charge is -2.15. The van der Waals surface area contributed by atoms with E-state index in [1.165, 1.54) is 0 Å². The first kappa shape index (κ1) is 11.5. The van der Waals surface area contributed by atoms with Gasteiger partial charge in [-0.1, -0.05) is 11.7 Å². The molecule has 0 aromatic rings. The molecule has 1 saturated carbocycles. The molecule has 0 radical (unpaired) electrons. The van der Waals surface area contributed by atoms with Crippen LogP contribution in [0.15, 0.2) is 4.99 Å². The van der Waals surface area contributed by atoms with Crippen molar-refractivity contribution >= 4 is 33.7 Å². The first-order chi connectivity index (χ1) is 6.63. The Kier molecular flexibility index (Phi) is 4.40. The van der Waals surface area contributed by atoms with Gasteiger partial charge >= 0.3 is 5.30 Å². The average Bonchev–Trinajstić information content (AvgIpc) is 2.52. The van der Waals surface area contributed by atoms with E-state index in [0.29, 0.717) is 0 Å². The van der Waals surface area contributed by atoms with Crippen molar-refractivity contribution in [1.29, 1.82) is 0 Å². The lowest BCUT2D eigenvalue weighted by molar-refractivity contribution is 0.118. The summed E-state index contributed by atoms with van der Waals surface area (Å²) in [5.41, 5.74) is 10.5. The molecule has 1 aliphatic rings. The van der Waals surface area contributed by atoms with Gasteiger partial charge in [-0.15, -0.1) is 0 Å². The molecule has 14 heavy (non-hydrogen) atoms. The molecule has 1 rings (SSSR count). The summed E-state index contributed by atoms with van der Waals surface area (Å²) in [6.07, 6.45) is 2.43. The standard InChI is InChI=1S/C7H13N3O2S2/c8-6(9)10-4-2-1-3-5(4)12-7(11)14-13/h4-5,13H,1-3H2,(H4,8,9,10). The van der Waals surface area contributed by atoms with Crippen molar-refractivity contribution in [2.75, 3.05) is 0 Å². The first-order valence-corrected chi connectivity index (χ1v) is 6.11. The van der Waals surface area contributed by atoms with Crippen molar-refractivity contribution in [3.05, 3.63) is 0 Å². The average molecular weight is 235 g/mol. The lowest BCUT2D eigenvalue weighted by Crippen LogP contribution is -2.30. The molecule has 0 aliphatic heterocycles. The normalized spacial score (nSPS) is 25.8. The van der Waals surface area contributed by atoms with Crippen LogP contribution in [0.4, 0.5) is 4.79 Å². The van der Waals surface area contributed by atoms with Gasteiger partial charge in [-0.05, 0) is 19.3 Å². The monoisotopic (exact) mass is 235 g/mol. The van der Waals surface area contributed by atoms with E-state index in [9.17, 15) is 4.79 Å². The van der Waals surface area contributed by atoms with E-state index in [2.05, 4.69) is 16.7 Å². The van der Waals surface area contributed by atoms with Gasteiger partial charge in [0, 0.05) is 10.8 Å². The highest BCUT2D eigenvalue weighted by molar-refractivity contribution is 8.74. The quantitative estimate of drug-likeness (QED) is 0.217. The maximum atomic E-state index is 11.0. The molecular formula is C7H13N3O2S2. The van der Waals surface area contributed by atoms with E-state index >= 15 is 0 Å². The highest BCUT2D eigenvalue weighted by Crippen LogP contribution is 2.26. The third-order valence-corrected chi connectivity index (χ3v) is 2.75. The Bertz CT molecular complexity index is 243. The molecule has 4 N–H and O–H groups in total. The third-order valence-electron chi connectivity index (χ3n) is 2.05. The molecule has 0 aromatic heterocycles. The highest BCUT2D eigenvalue weighted by atomic mass is 33.1. The number of guanidine groups is 1. The Morgan fingerprint density at radius 2 is 2.21 bits per heavy atom. The number of carbonyl (C=O) groups excluding carboxylic acids is 1. The Balaban J connectivity index is 2.51. The summed E-state index contributed by atoms with van der Waals surface area (Å²) >= 11 is 3.74. The van der Waals surface area contributed by atoms with Gasteiger partial charge in [0.25, 0.3) is 0 Å². The minimum absolute atomic E-state index is 0.0384. The summed E-state index contributed by atoms with van der Waals surface area (Å²) in [5, 5.41) is -0.406. The van der Waals surface area contributed by atoms with Crippen molar-refractivity contribution in [2.45, 2.75) is 31.4 Å². The zero-order chi connectivity index (χ0) is 10.6. The van der Waals surface area contributed by atoms with Crippen LogP contribution >= 0.6 is 22.5 Å². The number of thiol groups is 1. The van der Waals surface area contributed by atoms with Crippen LogP contribution in [0.2, 0.25) is 0 Å². The molecule has 0 saturated heterocycles. The summed E-state index contributed by atoms with van der Waals surface area (Å²) in [7, 11) is 0.755. The molecule has 0 spiro atoms. The number of rotatable bonds is 2. The largest absolute Gasteiger partial charge is 0.451 e. The van der Waals surface area contributed by atoms with E-state index < -0.39 is 5.30 Å². The van der Waals surface area contributed by atoms with E-state index in [1.807, 2.05) is 0 Å². The topological polar surface area (TPSA) is 90.7 Å². The highest BCUT2D eigenvalue weighted by Gasteiger charge is 2.30. The minimum Gasteiger partial charge on any atom is -0.451 e. The summed E-state index contributed by atoms with van der Waals surface area (Å²) in [5.74, 6) is 0.0384. The maximum absolute atomic E-state index is 11.0. The molecule has 1 fully saturated rings. The zero-order valence-electron chi connectivity index (χ0n) is 7.55. The van der Waals surface area contributed by atoms with E-state index in [1.54, 1.807) is 0 Å². The second-order valence-electron chi connectivity index (χ2n) is 3.05. The fourth-order valence-corrected chi connectivity index (χ4v) is 1.82. The zero-order valence-corrected chi connectivity index (χ0v) is 9.26. The van der Waals surface area contributed by atoms with E-state index in [4.69, 9.17) is 16.2 Å². The second kappa shape index (κ2) is 5.35. The minimum atomic E-state index is -0.406. The van der Waals surface area contributed by atoms with Crippen molar-refractivity contribution in [3.8, 4) is 0 Å². The molecule has 2 unspecified atom stereocenters. The molecule has 5 nitrogen and oxygen atoms in total. The number of nitrogens with two attached hydrogens (primary N) is 2. The van der Waals surface area contributed by atoms with Gasteiger partial charge in [-0.25, -0.2) is 9.79 Å². The predicted molar refractivity (Wildman–Crippen MR) is 60.3 cm³/mol. The summed E-state index contributed by atoms with van der Waals surface area (Å²) in [4.78, 5) is 15.0. The van der Waals surface area contributed by atoms with Crippen LogP contribution in [0.5, 0.6) is 0 Å². The van der Waals surface area contributed by atoms with Crippen LogP contribution in [-0.4, -0.2) is 23.4 Å². The summed E-state index contributed by atoms with van der Waals surface area (Å²) in [6.45, 7) is 0. The summed E-state index contributed by atoms with van der Waals surface area (Å²) in [6, 6.07) is -0.0931. The van der Waals surface area contributed by atoms with Crippen molar-refractivity contribution in [3.63, 3.8) is 0 Å². The van der Waals surface area contributed by atoms with Gasteiger partial charge in [0.1, 0.15) is 6.10 Å². The number of hydrogen-bond donors (Lipinski definition) is 3. The fraction of sp³-hybridized carbons (Fsp3) is 0.714. The van der Waals surface area contributed by atoms with Gasteiger partial charge < -0.3 is 16.2 Å². The second-order valence-corrected chi connectivity index (χ2v) is 4.11. The van der Waals surface area contributed by atoms with Crippen molar-refractivity contribution in [1.82, 2.24) is 0 Å². The van der Waals surface area contributed by atoms with Gasteiger partial charge in [-0.3, -0.25) is 0 Å². The molecule has 7 heteroatoms. The van der Waals surface area contributed by atoms with Gasteiger partial charge in [0.05, 0.1) is 6.04 Å². The van der Waals surface area contributed by atoms with Crippen LogP contribution in [0, 0.1) is 0 Å². The molecule has 0 heterocycles. The first-order valence-electron chi connectivity index (χ1n) is 4.24. The molecule has 1 aliphatic carbocycles. The third kappa shape index (κ3) is 3.30. The Morgan fingerprint density at radius 1 is 1.50 bits per heavy atom. The fourth-order valence-electron chi connectivity index (χ4n) is 1.53. The molecular weight excluding hydrogens is 222 g/mol. The Labute approximate surface area is 91.5 Å². The van der Waals surface area contributed by atoms with E-state index in [0.717, 1.165) is 30.1 Å². The summed E-state index contributed by atoms with van der Waals surface area (Å²) < 4.78 is 5.10. The van der Waals surface area contributed by atoms with Gasteiger partial charge in [0.15, 0.2) is 5.96 Å². The molecule has 80 valence electrons. The number of carbonyl (C=O) groups is 1. The van der Waals surface area contributed by atoms with Crippen LogP contribution in [0.1, 0.15) is 19.3 Å². The number of aliphatic imine (C=N–C) groups is 1. The smallest absolute Gasteiger partial charge is 0.378 e. The van der Waals surface area contributed by atoms with Crippen molar-refractivity contribution < 1.29 is 9.53 Å². The Hall–Kier alpha value is -0.560. The molecule has 0 aromatic carbocycles. The molecule has 2 atom stereocenters. The number of nitrogens with zero attached hydrogens (tertiary/aromatic N) is 1. The Morgan fingerprint density at radius 3 is 2.79 bits per heavy atom. The molecule has 0 bridgehead atoms. The number of ether oxygens (including phenoxy) is 1. The van der Waals surface area contributed by atoms with Crippen LogP contribution in [-0.2, 0) is 4.74 Å². The predicted octanol–water partition coefficient (Wildman–Crippen LogP) is 0.895. The van der Waals surface area contributed by atoms with Crippen LogP contribution < -0.4 is 11.5 Å². The van der Waals surface area contributed by atoms with Crippen molar-refractivity contribution in [2.24, 2.45) is 16.5 Å². The van der Waals surface area contributed by atoms with Gasteiger partial charge in [0.2, 0.25) is 0 Å². The van der Waals surface area contributed by atoms with E-state index in [-0.39, 0.29) is 18.1 Å².